The van der Waals surface area contributed by atoms with Gasteiger partial charge >= 0.3 is 4.87 Å². The van der Waals surface area contributed by atoms with E-state index in [1.54, 1.807) is 35.9 Å². The van der Waals surface area contributed by atoms with Gasteiger partial charge < -0.3 is 9.88 Å². The summed E-state index contributed by atoms with van der Waals surface area (Å²) >= 11 is 1.14. The highest BCUT2D eigenvalue weighted by atomic mass is 32.1. The highest BCUT2D eigenvalue weighted by Gasteiger charge is 2.15. The van der Waals surface area contributed by atoms with Crippen LogP contribution in [-0.4, -0.2) is 19.5 Å². The second-order valence-electron chi connectivity index (χ2n) is 5.68. The van der Waals surface area contributed by atoms with Gasteiger partial charge in [0, 0.05) is 35.8 Å². The summed E-state index contributed by atoms with van der Waals surface area (Å²) in [5.74, 6) is 0.309. The molecule has 26 heavy (non-hydrogen) atoms. The lowest BCUT2D eigenvalue weighted by Crippen LogP contribution is -2.12. The van der Waals surface area contributed by atoms with Gasteiger partial charge in [0.15, 0.2) is 0 Å². The summed E-state index contributed by atoms with van der Waals surface area (Å²) in [7, 11) is 0. The molecule has 0 fully saturated rings. The molecule has 0 aliphatic rings. The molecule has 0 saturated carbocycles. The first kappa shape index (κ1) is 17.7. The number of nitro benzene ring substituents is 1. The first-order chi connectivity index (χ1) is 12.4. The SMILES string of the molecule is CCn1c(C)c(-c2ccnc(Nc3ccc(C)c([N+](=O)[O-])c3)n2)sc1=O. The van der Waals surface area contributed by atoms with Crippen LogP contribution in [0.3, 0.4) is 0 Å². The lowest BCUT2D eigenvalue weighted by Gasteiger charge is -2.07. The minimum absolute atomic E-state index is 0.0257. The molecule has 0 bridgehead atoms. The molecule has 8 nitrogen and oxygen atoms in total. The standard InChI is InChI=1S/C17H17N5O3S/c1-4-21-11(3)15(26-17(21)23)13-7-8-18-16(20-13)19-12-6-5-10(2)14(9-12)22(24)25/h5-9H,4H2,1-3H3,(H,18,19,20). The van der Waals surface area contributed by atoms with Gasteiger partial charge in [-0.25, -0.2) is 9.97 Å². The van der Waals surface area contributed by atoms with E-state index < -0.39 is 4.92 Å². The second-order valence-corrected chi connectivity index (χ2v) is 6.64. The average molecular weight is 371 g/mol. The fourth-order valence-electron chi connectivity index (χ4n) is 2.64. The third-order valence-electron chi connectivity index (χ3n) is 4.01. The topological polar surface area (TPSA) is 103 Å². The van der Waals surface area contributed by atoms with Gasteiger partial charge in [0.2, 0.25) is 5.95 Å². The summed E-state index contributed by atoms with van der Waals surface area (Å²) in [5.41, 5.74) is 2.63. The van der Waals surface area contributed by atoms with Crippen molar-refractivity contribution in [2.24, 2.45) is 0 Å². The number of hydrogen-bond donors (Lipinski definition) is 1. The number of rotatable bonds is 5. The lowest BCUT2D eigenvalue weighted by atomic mass is 10.2. The molecule has 0 atom stereocenters. The van der Waals surface area contributed by atoms with E-state index in [2.05, 4.69) is 15.3 Å². The zero-order chi connectivity index (χ0) is 18.8. The Hall–Kier alpha value is -3.07. The zero-order valence-electron chi connectivity index (χ0n) is 14.5. The van der Waals surface area contributed by atoms with Crippen molar-refractivity contribution in [2.75, 3.05) is 5.32 Å². The van der Waals surface area contributed by atoms with Crippen LogP contribution in [0.15, 0.2) is 35.3 Å². The number of hydrogen-bond acceptors (Lipinski definition) is 7. The largest absolute Gasteiger partial charge is 0.324 e. The predicted molar refractivity (Wildman–Crippen MR) is 101 cm³/mol. The molecule has 1 aromatic carbocycles. The summed E-state index contributed by atoms with van der Waals surface area (Å²) in [6, 6.07) is 6.58. The van der Waals surface area contributed by atoms with Crippen LogP contribution in [0.25, 0.3) is 10.6 Å². The maximum Gasteiger partial charge on any atom is 0.307 e. The van der Waals surface area contributed by atoms with E-state index in [0.29, 0.717) is 29.4 Å². The molecule has 2 heterocycles. The average Bonchev–Trinajstić information content (AvgIpc) is 2.90. The Morgan fingerprint density at radius 1 is 1.31 bits per heavy atom. The van der Waals surface area contributed by atoms with Gasteiger partial charge in [-0.15, -0.1) is 0 Å². The van der Waals surface area contributed by atoms with Crippen LogP contribution in [0, 0.1) is 24.0 Å². The molecular formula is C17H17N5O3S. The van der Waals surface area contributed by atoms with Crippen molar-refractivity contribution in [1.82, 2.24) is 14.5 Å². The number of nitro groups is 1. The number of benzene rings is 1. The molecule has 0 amide bonds. The lowest BCUT2D eigenvalue weighted by molar-refractivity contribution is -0.385. The van der Waals surface area contributed by atoms with Crippen LogP contribution in [-0.2, 0) is 6.54 Å². The highest BCUT2D eigenvalue weighted by molar-refractivity contribution is 7.13. The van der Waals surface area contributed by atoms with Crippen LogP contribution in [0.5, 0.6) is 0 Å². The maximum absolute atomic E-state index is 12.0. The molecule has 0 aliphatic carbocycles. The van der Waals surface area contributed by atoms with E-state index in [1.165, 1.54) is 6.07 Å². The van der Waals surface area contributed by atoms with Gasteiger partial charge in [0.1, 0.15) is 0 Å². The van der Waals surface area contributed by atoms with Crippen LogP contribution in [0.4, 0.5) is 17.3 Å². The van der Waals surface area contributed by atoms with Gasteiger partial charge in [-0.05, 0) is 32.9 Å². The normalized spacial score (nSPS) is 10.7. The Morgan fingerprint density at radius 3 is 2.73 bits per heavy atom. The molecule has 3 aromatic rings. The first-order valence-electron chi connectivity index (χ1n) is 7.96. The summed E-state index contributed by atoms with van der Waals surface area (Å²) in [5, 5.41) is 14.1. The van der Waals surface area contributed by atoms with Crippen LogP contribution in [0.2, 0.25) is 0 Å². The number of aryl methyl sites for hydroxylation is 1. The van der Waals surface area contributed by atoms with Crippen molar-refractivity contribution in [3.63, 3.8) is 0 Å². The molecule has 0 saturated heterocycles. The van der Waals surface area contributed by atoms with Crippen molar-refractivity contribution in [1.29, 1.82) is 0 Å². The molecule has 0 unspecified atom stereocenters. The highest BCUT2D eigenvalue weighted by Crippen LogP contribution is 2.27. The number of nitrogens with zero attached hydrogens (tertiary/aromatic N) is 4. The molecular weight excluding hydrogens is 354 g/mol. The van der Waals surface area contributed by atoms with E-state index in [1.807, 2.05) is 13.8 Å². The Morgan fingerprint density at radius 2 is 2.08 bits per heavy atom. The van der Waals surface area contributed by atoms with E-state index in [4.69, 9.17) is 0 Å². The number of nitrogens with one attached hydrogen (secondary N) is 1. The van der Waals surface area contributed by atoms with Gasteiger partial charge in [0.05, 0.1) is 15.5 Å². The molecule has 0 radical (unpaired) electrons. The minimum Gasteiger partial charge on any atom is -0.324 e. The maximum atomic E-state index is 12.0. The molecule has 1 N–H and O–H groups in total. The number of aromatic nitrogens is 3. The third kappa shape index (κ3) is 3.33. The molecule has 2 aromatic heterocycles. The molecule has 3 rings (SSSR count). The molecule has 0 aliphatic heterocycles. The Balaban J connectivity index is 1.95. The quantitative estimate of drug-likeness (QED) is 0.542. The van der Waals surface area contributed by atoms with Gasteiger partial charge in [-0.2, -0.15) is 0 Å². The van der Waals surface area contributed by atoms with E-state index in [-0.39, 0.29) is 10.6 Å². The van der Waals surface area contributed by atoms with Crippen molar-refractivity contribution in [2.45, 2.75) is 27.3 Å². The zero-order valence-corrected chi connectivity index (χ0v) is 15.3. The summed E-state index contributed by atoms with van der Waals surface area (Å²) in [6.45, 7) is 6.09. The summed E-state index contributed by atoms with van der Waals surface area (Å²) < 4.78 is 1.69. The monoisotopic (exact) mass is 371 g/mol. The van der Waals surface area contributed by atoms with Crippen LogP contribution < -0.4 is 10.2 Å². The molecule has 0 spiro atoms. The third-order valence-corrected chi connectivity index (χ3v) is 5.11. The van der Waals surface area contributed by atoms with E-state index in [0.717, 1.165) is 21.9 Å². The fraction of sp³-hybridized carbons (Fsp3) is 0.235. The number of thiazole rings is 1. The van der Waals surface area contributed by atoms with Crippen molar-refractivity contribution >= 4 is 28.7 Å². The molecule has 9 heteroatoms. The fourth-order valence-corrected chi connectivity index (χ4v) is 3.66. The van der Waals surface area contributed by atoms with Crippen molar-refractivity contribution in [3.05, 3.63) is 61.5 Å². The Bertz CT molecular complexity index is 1040. The van der Waals surface area contributed by atoms with Crippen LogP contribution >= 0.6 is 11.3 Å². The molecule has 134 valence electrons. The predicted octanol–water partition coefficient (Wildman–Crippen LogP) is 3.66. The second kappa shape index (κ2) is 7.04. The van der Waals surface area contributed by atoms with Gasteiger partial charge in [-0.1, -0.05) is 17.4 Å². The smallest absolute Gasteiger partial charge is 0.307 e. The van der Waals surface area contributed by atoms with Crippen molar-refractivity contribution in [3.8, 4) is 10.6 Å². The van der Waals surface area contributed by atoms with Gasteiger partial charge in [0.25, 0.3) is 5.69 Å². The summed E-state index contributed by atoms with van der Waals surface area (Å²) in [6.07, 6.45) is 1.59. The van der Waals surface area contributed by atoms with Gasteiger partial charge in [-0.3, -0.25) is 14.9 Å². The van der Waals surface area contributed by atoms with Crippen LogP contribution in [0.1, 0.15) is 18.2 Å². The van der Waals surface area contributed by atoms with E-state index in [9.17, 15) is 14.9 Å². The summed E-state index contributed by atoms with van der Waals surface area (Å²) in [4.78, 5) is 32.1. The Labute approximate surface area is 153 Å². The minimum atomic E-state index is -0.425. The number of anilines is 2. The van der Waals surface area contributed by atoms with E-state index >= 15 is 0 Å². The Kier molecular flexibility index (Phi) is 4.81. The van der Waals surface area contributed by atoms with Crippen molar-refractivity contribution < 1.29 is 4.92 Å². The first-order valence-corrected chi connectivity index (χ1v) is 8.78.